The third-order valence-corrected chi connectivity index (χ3v) is 10.3. The predicted molar refractivity (Wildman–Crippen MR) is 205 cm³/mol. The highest BCUT2D eigenvalue weighted by molar-refractivity contribution is 7.26. The second kappa shape index (κ2) is 11.6. The van der Waals surface area contributed by atoms with E-state index in [9.17, 15) is 0 Å². The van der Waals surface area contributed by atoms with Gasteiger partial charge in [-0.1, -0.05) is 127 Å². The van der Waals surface area contributed by atoms with Gasteiger partial charge >= 0.3 is 0 Å². The Kier molecular flexibility index (Phi) is 6.60. The van der Waals surface area contributed by atoms with Gasteiger partial charge in [0, 0.05) is 43.1 Å². The lowest BCUT2D eigenvalue weighted by Crippen LogP contribution is -1.96. The van der Waals surface area contributed by atoms with Crippen LogP contribution in [0.5, 0.6) is 0 Å². The molecule has 10 rings (SSSR count). The van der Waals surface area contributed by atoms with Crippen molar-refractivity contribution in [1.82, 2.24) is 19.9 Å². The maximum absolute atomic E-state index is 6.72. The van der Waals surface area contributed by atoms with Crippen LogP contribution in [-0.2, 0) is 0 Å². The van der Waals surface area contributed by atoms with E-state index in [4.69, 9.17) is 24.4 Å². The van der Waals surface area contributed by atoms with Crippen molar-refractivity contribution >= 4 is 53.6 Å². The molecule has 0 saturated carbocycles. The van der Waals surface area contributed by atoms with E-state index in [0.717, 1.165) is 82.4 Å². The standard InChI is InChI=1S/C44H26N4OS/c1-4-13-27(14-5-1)35-26-36(28-15-6-2-7-16-28)46-44(45-35)34-21-12-20-32-31-24-23-30(25-37(31)49-41(32)34)43-47-39(29-17-8-3-9-18-29)42-40(48-43)33-19-10-11-22-38(33)50-42/h1-26H. The minimum absolute atomic E-state index is 0.612. The number of hydrogen-bond donors (Lipinski definition) is 0. The molecule has 0 unspecified atom stereocenters. The number of aromatic nitrogens is 4. The fraction of sp³-hybridized carbons (Fsp3) is 0. The molecule has 4 aromatic heterocycles. The van der Waals surface area contributed by atoms with Crippen molar-refractivity contribution in [2.24, 2.45) is 0 Å². The van der Waals surface area contributed by atoms with E-state index in [-0.39, 0.29) is 0 Å². The number of para-hydroxylation sites is 1. The van der Waals surface area contributed by atoms with Crippen LogP contribution in [0, 0.1) is 0 Å². The molecule has 0 atom stereocenters. The van der Waals surface area contributed by atoms with E-state index in [1.807, 2.05) is 54.6 Å². The van der Waals surface area contributed by atoms with Gasteiger partial charge in [0.15, 0.2) is 11.6 Å². The minimum Gasteiger partial charge on any atom is -0.455 e. The highest BCUT2D eigenvalue weighted by Crippen LogP contribution is 2.41. The lowest BCUT2D eigenvalue weighted by Gasteiger charge is -2.09. The van der Waals surface area contributed by atoms with E-state index in [1.165, 1.54) is 4.70 Å². The second-order valence-electron chi connectivity index (χ2n) is 12.2. The Labute approximate surface area is 291 Å². The summed E-state index contributed by atoms with van der Waals surface area (Å²) in [5.74, 6) is 1.27. The van der Waals surface area contributed by atoms with Gasteiger partial charge in [-0.3, -0.25) is 0 Å². The smallest absolute Gasteiger partial charge is 0.164 e. The van der Waals surface area contributed by atoms with Crippen molar-refractivity contribution in [1.29, 1.82) is 0 Å². The molecular weight excluding hydrogens is 633 g/mol. The van der Waals surface area contributed by atoms with E-state index >= 15 is 0 Å². The van der Waals surface area contributed by atoms with Crippen molar-refractivity contribution in [3.63, 3.8) is 0 Å². The van der Waals surface area contributed by atoms with Gasteiger partial charge in [-0.25, -0.2) is 19.9 Å². The van der Waals surface area contributed by atoms with Crippen LogP contribution in [0.25, 0.3) is 98.8 Å². The maximum atomic E-state index is 6.72. The summed E-state index contributed by atoms with van der Waals surface area (Å²) in [6, 6.07) is 53.7. The summed E-state index contributed by atoms with van der Waals surface area (Å²) in [6.07, 6.45) is 0. The molecule has 0 amide bonds. The van der Waals surface area contributed by atoms with Crippen molar-refractivity contribution < 1.29 is 4.42 Å². The summed E-state index contributed by atoms with van der Waals surface area (Å²) in [5.41, 5.74) is 9.95. The molecular formula is C44H26N4OS. The molecule has 0 aliphatic rings. The first-order chi connectivity index (χ1) is 24.8. The minimum atomic E-state index is 0.612. The monoisotopic (exact) mass is 658 g/mol. The number of nitrogens with zero attached hydrogens (tertiary/aromatic N) is 4. The zero-order valence-electron chi connectivity index (χ0n) is 26.6. The van der Waals surface area contributed by atoms with Crippen molar-refractivity contribution in [2.45, 2.75) is 0 Å². The molecule has 10 aromatic rings. The van der Waals surface area contributed by atoms with Crippen LogP contribution in [0.3, 0.4) is 0 Å². The van der Waals surface area contributed by atoms with Gasteiger partial charge in [0.1, 0.15) is 11.2 Å². The Balaban J connectivity index is 1.15. The molecule has 0 aliphatic heterocycles. The molecule has 5 nitrogen and oxygen atoms in total. The first kappa shape index (κ1) is 28.5. The number of hydrogen-bond acceptors (Lipinski definition) is 6. The second-order valence-corrected chi connectivity index (χ2v) is 13.3. The van der Waals surface area contributed by atoms with Gasteiger partial charge in [-0.05, 0) is 30.3 Å². The Hall–Kier alpha value is -6.50. The predicted octanol–water partition coefficient (Wildman–Crippen LogP) is 11.9. The molecule has 0 fully saturated rings. The molecule has 6 heteroatoms. The summed E-state index contributed by atoms with van der Waals surface area (Å²) < 4.78 is 9.00. The van der Waals surface area contributed by atoms with Gasteiger partial charge in [-0.15, -0.1) is 11.3 Å². The average molecular weight is 659 g/mol. The summed E-state index contributed by atoms with van der Waals surface area (Å²) >= 11 is 1.74. The van der Waals surface area contributed by atoms with E-state index in [0.29, 0.717) is 11.6 Å². The van der Waals surface area contributed by atoms with Gasteiger partial charge < -0.3 is 4.42 Å². The normalized spacial score (nSPS) is 11.6. The van der Waals surface area contributed by atoms with Gasteiger partial charge in [0.2, 0.25) is 0 Å². The fourth-order valence-corrected chi connectivity index (χ4v) is 7.86. The van der Waals surface area contributed by atoms with Crippen molar-refractivity contribution in [3.05, 3.63) is 158 Å². The Bertz CT molecular complexity index is 2810. The molecule has 0 bridgehead atoms. The quantitative estimate of drug-likeness (QED) is 0.184. The molecule has 0 radical (unpaired) electrons. The number of benzene rings is 6. The molecule has 0 saturated heterocycles. The van der Waals surface area contributed by atoms with Gasteiger partial charge in [-0.2, -0.15) is 0 Å². The van der Waals surface area contributed by atoms with Crippen LogP contribution in [0.15, 0.2) is 162 Å². The summed E-state index contributed by atoms with van der Waals surface area (Å²) in [4.78, 5) is 20.5. The SMILES string of the molecule is c1ccc(-c2cc(-c3ccccc3)nc(-c3cccc4c3oc3cc(-c5nc(-c6ccccc6)c6sc7ccccc7c6n5)ccc34)n2)cc1. The molecule has 6 aromatic carbocycles. The Morgan fingerprint density at radius 3 is 1.80 bits per heavy atom. The lowest BCUT2D eigenvalue weighted by atomic mass is 10.0. The summed E-state index contributed by atoms with van der Waals surface area (Å²) in [6.45, 7) is 0. The van der Waals surface area contributed by atoms with Crippen LogP contribution in [-0.4, -0.2) is 19.9 Å². The number of furan rings is 1. The largest absolute Gasteiger partial charge is 0.455 e. The zero-order chi connectivity index (χ0) is 33.0. The van der Waals surface area contributed by atoms with Crippen molar-refractivity contribution in [2.75, 3.05) is 0 Å². The van der Waals surface area contributed by atoms with E-state index < -0.39 is 0 Å². The molecule has 0 aliphatic carbocycles. The highest BCUT2D eigenvalue weighted by Gasteiger charge is 2.20. The topological polar surface area (TPSA) is 64.7 Å². The fourth-order valence-electron chi connectivity index (χ4n) is 6.71. The van der Waals surface area contributed by atoms with E-state index in [1.54, 1.807) is 11.3 Å². The van der Waals surface area contributed by atoms with E-state index in [2.05, 4.69) is 103 Å². The first-order valence-electron chi connectivity index (χ1n) is 16.5. The highest BCUT2D eigenvalue weighted by atomic mass is 32.1. The number of thiophene rings is 1. The maximum Gasteiger partial charge on any atom is 0.164 e. The molecule has 0 spiro atoms. The van der Waals surface area contributed by atoms with Crippen molar-refractivity contribution in [3.8, 4) is 56.5 Å². The molecule has 234 valence electrons. The van der Waals surface area contributed by atoms with Crippen LogP contribution >= 0.6 is 11.3 Å². The summed E-state index contributed by atoms with van der Waals surface area (Å²) in [7, 11) is 0. The van der Waals surface area contributed by atoms with Crippen LogP contribution in [0.2, 0.25) is 0 Å². The Morgan fingerprint density at radius 1 is 0.440 bits per heavy atom. The third-order valence-electron chi connectivity index (χ3n) is 9.13. The molecule has 50 heavy (non-hydrogen) atoms. The first-order valence-corrected chi connectivity index (χ1v) is 17.3. The molecule has 4 heterocycles. The van der Waals surface area contributed by atoms with Crippen LogP contribution in [0.1, 0.15) is 0 Å². The zero-order valence-corrected chi connectivity index (χ0v) is 27.4. The van der Waals surface area contributed by atoms with Crippen LogP contribution < -0.4 is 0 Å². The Morgan fingerprint density at radius 2 is 1.08 bits per heavy atom. The van der Waals surface area contributed by atoms with Crippen LogP contribution in [0.4, 0.5) is 0 Å². The lowest BCUT2D eigenvalue weighted by molar-refractivity contribution is 0.669. The summed E-state index contributed by atoms with van der Waals surface area (Å²) in [5, 5.41) is 3.15. The average Bonchev–Trinajstić information content (AvgIpc) is 3.76. The van der Waals surface area contributed by atoms with Gasteiger partial charge in [0.25, 0.3) is 0 Å². The third kappa shape index (κ3) is 4.77. The molecule has 0 N–H and O–H groups in total. The number of fused-ring (bicyclic) bond motifs is 6. The van der Waals surface area contributed by atoms with Gasteiger partial charge in [0.05, 0.1) is 32.9 Å². The number of rotatable bonds is 5.